The SMILES string of the molecule is CCC.CCCCCC(C)NC.N. The average molecular weight is 190 g/mol. The number of hydrogen-bond donors (Lipinski definition) is 2. The minimum atomic E-state index is 0. The molecule has 0 aliphatic heterocycles. The molecule has 0 spiro atoms. The van der Waals surface area contributed by atoms with Crippen molar-refractivity contribution in [1.82, 2.24) is 11.5 Å². The van der Waals surface area contributed by atoms with Gasteiger partial charge in [-0.3, -0.25) is 0 Å². The van der Waals surface area contributed by atoms with Crippen LogP contribution in [-0.4, -0.2) is 13.1 Å². The van der Waals surface area contributed by atoms with E-state index in [-0.39, 0.29) is 6.15 Å². The molecule has 0 aromatic rings. The van der Waals surface area contributed by atoms with Gasteiger partial charge in [0.2, 0.25) is 0 Å². The molecule has 4 N–H and O–H groups in total. The lowest BCUT2D eigenvalue weighted by Crippen LogP contribution is -2.20. The highest BCUT2D eigenvalue weighted by Gasteiger charge is 1.94. The van der Waals surface area contributed by atoms with Gasteiger partial charge in [-0.2, -0.15) is 0 Å². The molecule has 0 amide bonds. The van der Waals surface area contributed by atoms with Crippen molar-refractivity contribution in [2.45, 2.75) is 65.8 Å². The van der Waals surface area contributed by atoms with Crippen molar-refractivity contribution in [3.8, 4) is 0 Å². The first-order chi connectivity index (χ1) is 5.72. The van der Waals surface area contributed by atoms with Crippen molar-refractivity contribution in [1.29, 1.82) is 0 Å². The summed E-state index contributed by atoms with van der Waals surface area (Å²) in [4.78, 5) is 0. The second kappa shape index (κ2) is 17.9. The fourth-order valence-corrected chi connectivity index (χ4v) is 0.845. The molecule has 13 heavy (non-hydrogen) atoms. The van der Waals surface area contributed by atoms with E-state index < -0.39 is 0 Å². The number of hydrogen-bond acceptors (Lipinski definition) is 2. The van der Waals surface area contributed by atoms with Crippen LogP contribution in [0.25, 0.3) is 0 Å². The van der Waals surface area contributed by atoms with Gasteiger partial charge >= 0.3 is 0 Å². The highest BCUT2D eigenvalue weighted by Crippen LogP contribution is 2.01. The Labute approximate surface area is 85.1 Å². The maximum atomic E-state index is 3.22. The van der Waals surface area contributed by atoms with Crippen LogP contribution in [0.4, 0.5) is 0 Å². The maximum absolute atomic E-state index is 3.22. The molecule has 0 saturated carbocycles. The van der Waals surface area contributed by atoms with Gasteiger partial charge in [-0.15, -0.1) is 0 Å². The first-order valence-corrected chi connectivity index (χ1v) is 5.40. The highest BCUT2D eigenvalue weighted by molar-refractivity contribution is 4.55. The summed E-state index contributed by atoms with van der Waals surface area (Å²) < 4.78 is 0. The van der Waals surface area contributed by atoms with E-state index >= 15 is 0 Å². The molecule has 0 rings (SSSR count). The van der Waals surface area contributed by atoms with Crippen molar-refractivity contribution in [3.63, 3.8) is 0 Å². The third-order valence-corrected chi connectivity index (χ3v) is 1.73. The quantitative estimate of drug-likeness (QED) is 0.649. The van der Waals surface area contributed by atoms with Crippen LogP contribution < -0.4 is 11.5 Å². The van der Waals surface area contributed by atoms with E-state index in [1.54, 1.807) is 0 Å². The Morgan fingerprint density at radius 3 is 1.85 bits per heavy atom. The van der Waals surface area contributed by atoms with Crippen molar-refractivity contribution >= 4 is 0 Å². The van der Waals surface area contributed by atoms with Crippen molar-refractivity contribution < 1.29 is 0 Å². The fourth-order valence-electron chi connectivity index (χ4n) is 0.845. The molecular weight excluding hydrogens is 160 g/mol. The van der Waals surface area contributed by atoms with E-state index in [4.69, 9.17) is 0 Å². The summed E-state index contributed by atoms with van der Waals surface area (Å²) in [5.74, 6) is 0. The van der Waals surface area contributed by atoms with E-state index in [2.05, 4.69) is 33.0 Å². The van der Waals surface area contributed by atoms with Gasteiger partial charge in [-0.1, -0.05) is 46.5 Å². The minimum absolute atomic E-state index is 0. The Balaban J connectivity index is -0.000000220. The fraction of sp³-hybridized carbons (Fsp3) is 1.00. The van der Waals surface area contributed by atoms with Gasteiger partial charge in [0.1, 0.15) is 0 Å². The average Bonchev–Trinajstić information content (AvgIpc) is 2.06. The molecule has 0 fully saturated rings. The van der Waals surface area contributed by atoms with Crippen LogP contribution in [0.3, 0.4) is 0 Å². The molecule has 2 heteroatoms. The third-order valence-electron chi connectivity index (χ3n) is 1.73. The van der Waals surface area contributed by atoms with E-state index in [0.29, 0.717) is 6.04 Å². The van der Waals surface area contributed by atoms with E-state index in [1.807, 2.05) is 7.05 Å². The van der Waals surface area contributed by atoms with Gasteiger partial charge < -0.3 is 11.5 Å². The van der Waals surface area contributed by atoms with Crippen LogP contribution in [0.1, 0.15) is 59.8 Å². The van der Waals surface area contributed by atoms with Crippen LogP contribution in [0.15, 0.2) is 0 Å². The highest BCUT2D eigenvalue weighted by atomic mass is 14.8. The molecule has 1 atom stereocenters. The summed E-state index contributed by atoms with van der Waals surface area (Å²) in [6, 6.07) is 0.705. The van der Waals surface area contributed by atoms with E-state index in [9.17, 15) is 0 Å². The number of unbranched alkanes of at least 4 members (excludes halogenated alkanes) is 2. The molecule has 1 unspecified atom stereocenters. The van der Waals surface area contributed by atoms with Crippen LogP contribution in [-0.2, 0) is 0 Å². The zero-order chi connectivity index (χ0) is 9.82. The Bertz CT molecular complexity index is 65.1. The molecule has 0 heterocycles. The minimum Gasteiger partial charge on any atom is -0.344 e. The smallest absolute Gasteiger partial charge is 0.00357 e. The molecule has 0 bridgehead atoms. The summed E-state index contributed by atoms with van der Waals surface area (Å²) >= 11 is 0. The predicted molar refractivity (Wildman–Crippen MR) is 63.7 cm³/mol. The lowest BCUT2D eigenvalue weighted by Gasteiger charge is -2.07. The van der Waals surface area contributed by atoms with Crippen molar-refractivity contribution in [2.75, 3.05) is 7.05 Å². The van der Waals surface area contributed by atoms with Crippen LogP contribution in [0.2, 0.25) is 0 Å². The van der Waals surface area contributed by atoms with Gasteiger partial charge in [0, 0.05) is 6.04 Å². The Kier molecular flexibility index (Phi) is 25.6. The number of nitrogens with one attached hydrogen (secondary N) is 1. The van der Waals surface area contributed by atoms with Gasteiger partial charge in [-0.25, -0.2) is 0 Å². The van der Waals surface area contributed by atoms with Crippen LogP contribution in [0.5, 0.6) is 0 Å². The molecule has 2 nitrogen and oxygen atoms in total. The van der Waals surface area contributed by atoms with Crippen molar-refractivity contribution in [3.05, 3.63) is 0 Å². The van der Waals surface area contributed by atoms with Gasteiger partial charge in [0.05, 0.1) is 0 Å². The molecule has 84 valence electrons. The Morgan fingerprint density at radius 2 is 1.54 bits per heavy atom. The normalized spacial score (nSPS) is 10.8. The third kappa shape index (κ3) is 24.5. The van der Waals surface area contributed by atoms with Crippen LogP contribution >= 0.6 is 0 Å². The Morgan fingerprint density at radius 1 is 1.08 bits per heavy atom. The van der Waals surface area contributed by atoms with Gasteiger partial charge in [0.15, 0.2) is 0 Å². The molecule has 0 aliphatic rings. The monoisotopic (exact) mass is 190 g/mol. The summed E-state index contributed by atoms with van der Waals surface area (Å²) in [5.41, 5.74) is 0. The van der Waals surface area contributed by atoms with Gasteiger partial charge in [0.25, 0.3) is 0 Å². The Hall–Kier alpha value is -0.0800. The van der Waals surface area contributed by atoms with Gasteiger partial charge in [-0.05, 0) is 20.4 Å². The first-order valence-electron chi connectivity index (χ1n) is 5.40. The molecule has 0 saturated heterocycles. The van der Waals surface area contributed by atoms with Crippen LogP contribution in [0, 0.1) is 0 Å². The molecule has 0 aromatic carbocycles. The predicted octanol–water partition coefficient (Wildman–Crippen LogP) is 3.75. The zero-order valence-corrected chi connectivity index (χ0v) is 10.3. The maximum Gasteiger partial charge on any atom is 0.00357 e. The molecule has 0 radical (unpaired) electrons. The second-order valence-corrected chi connectivity index (χ2v) is 3.39. The topological polar surface area (TPSA) is 47.0 Å². The number of rotatable bonds is 5. The standard InChI is InChI=1S/C8H19N.C3H8.H3N/c1-4-5-6-7-8(2)9-3;1-3-2;/h8-9H,4-7H2,1-3H3;3H2,1-2H3;1H3. The lowest BCUT2D eigenvalue weighted by molar-refractivity contribution is 0.525. The lowest BCUT2D eigenvalue weighted by atomic mass is 10.1. The first kappa shape index (κ1) is 18.7. The largest absolute Gasteiger partial charge is 0.344 e. The second-order valence-electron chi connectivity index (χ2n) is 3.39. The van der Waals surface area contributed by atoms with E-state index in [0.717, 1.165) is 0 Å². The van der Waals surface area contributed by atoms with E-state index in [1.165, 1.54) is 32.1 Å². The summed E-state index contributed by atoms with van der Waals surface area (Å²) in [6.07, 6.45) is 6.66. The summed E-state index contributed by atoms with van der Waals surface area (Å²) in [6.45, 7) is 8.72. The zero-order valence-electron chi connectivity index (χ0n) is 10.3. The summed E-state index contributed by atoms with van der Waals surface area (Å²) in [5, 5.41) is 3.22. The molecule has 0 aromatic heterocycles. The molecule has 0 aliphatic carbocycles. The van der Waals surface area contributed by atoms with Crippen molar-refractivity contribution in [2.24, 2.45) is 0 Å². The summed E-state index contributed by atoms with van der Waals surface area (Å²) in [7, 11) is 2.02. The molecular formula is C11H30N2.